The highest BCUT2D eigenvalue weighted by atomic mass is 32.2. The summed E-state index contributed by atoms with van der Waals surface area (Å²) < 4.78 is 31.2. The van der Waals surface area contributed by atoms with Crippen LogP contribution in [-0.4, -0.2) is 28.2 Å². The van der Waals surface area contributed by atoms with Crippen LogP contribution in [0.1, 0.15) is 18.2 Å². The van der Waals surface area contributed by atoms with Crippen molar-refractivity contribution < 1.29 is 13.2 Å². The Kier molecular flexibility index (Phi) is 5.58. The van der Waals surface area contributed by atoms with Crippen molar-refractivity contribution in [3.63, 3.8) is 0 Å². The Bertz CT molecular complexity index is 488. The molecule has 0 aromatic carbocycles. The van der Waals surface area contributed by atoms with Crippen molar-refractivity contribution in [1.82, 2.24) is 4.72 Å². The second-order valence-electron chi connectivity index (χ2n) is 3.18. The topological polar surface area (TPSA) is 79.2 Å². The van der Waals surface area contributed by atoms with Gasteiger partial charge in [0.2, 0.25) is 10.0 Å². The predicted octanol–water partition coefficient (Wildman–Crippen LogP) is 1.32. The molecule has 0 radical (unpaired) electrons. The summed E-state index contributed by atoms with van der Waals surface area (Å²) >= 11 is 0.965. The van der Waals surface area contributed by atoms with E-state index in [1.54, 1.807) is 0 Å². The van der Waals surface area contributed by atoms with E-state index >= 15 is 0 Å². The van der Waals surface area contributed by atoms with Gasteiger partial charge in [0.1, 0.15) is 15.2 Å². The maximum Gasteiger partial charge on any atom is 0.250 e. The molecule has 1 N–H and O–H groups in total. The number of thiophene rings is 1. The third-order valence-corrected chi connectivity index (χ3v) is 4.86. The number of rotatable bonds is 7. The van der Waals surface area contributed by atoms with Crippen LogP contribution in [0.3, 0.4) is 0 Å². The van der Waals surface area contributed by atoms with Gasteiger partial charge in [0.25, 0.3) is 0 Å². The molecule has 0 bridgehead atoms. The molecule has 1 aromatic heterocycles. The van der Waals surface area contributed by atoms with Crippen LogP contribution in [0.5, 0.6) is 0 Å². The molecule has 0 atom stereocenters. The van der Waals surface area contributed by atoms with Crippen molar-refractivity contribution in [2.24, 2.45) is 0 Å². The number of hydrogen-bond acceptors (Lipinski definition) is 5. The van der Waals surface area contributed by atoms with Gasteiger partial charge in [-0.25, -0.2) is 13.1 Å². The molecule has 5 nitrogen and oxygen atoms in total. The minimum Gasteiger partial charge on any atom is -0.382 e. The van der Waals surface area contributed by atoms with Crippen LogP contribution in [0.4, 0.5) is 0 Å². The average molecular weight is 274 g/mol. The monoisotopic (exact) mass is 274 g/mol. The normalized spacial score (nSPS) is 11.3. The molecule has 94 valence electrons. The molecule has 0 saturated carbocycles. The number of sulfonamides is 1. The first kappa shape index (κ1) is 14.1. The molecule has 1 aromatic rings. The summed E-state index contributed by atoms with van der Waals surface area (Å²) in [5.74, 6) is 0. The van der Waals surface area contributed by atoms with Gasteiger partial charge in [-0.1, -0.05) is 0 Å². The lowest BCUT2D eigenvalue weighted by atomic mass is 10.5. The van der Waals surface area contributed by atoms with Gasteiger partial charge < -0.3 is 4.74 Å². The fraction of sp³-hybridized carbons (Fsp3) is 0.500. The van der Waals surface area contributed by atoms with Crippen LogP contribution in [0.15, 0.2) is 16.3 Å². The van der Waals surface area contributed by atoms with Crippen molar-refractivity contribution in [1.29, 1.82) is 5.26 Å². The molecule has 0 aliphatic rings. The van der Waals surface area contributed by atoms with E-state index in [1.807, 2.05) is 13.0 Å². The van der Waals surface area contributed by atoms with Gasteiger partial charge in [0.15, 0.2) is 0 Å². The van der Waals surface area contributed by atoms with Gasteiger partial charge >= 0.3 is 0 Å². The van der Waals surface area contributed by atoms with Gasteiger partial charge in [0, 0.05) is 19.8 Å². The molecule has 1 heterocycles. The first-order valence-electron chi connectivity index (χ1n) is 5.17. The van der Waals surface area contributed by atoms with E-state index in [9.17, 15) is 8.42 Å². The Balaban J connectivity index is 2.49. The highest BCUT2D eigenvalue weighted by Crippen LogP contribution is 2.20. The lowest BCUT2D eigenvalue weighted by molar-refractivity contribution is 0.146. The van der Waals surface area contributed by atoms with Gasteiger partial charge in [-0.15, -0.1) is 11.3 Å². The second kappa shape index (κ2) is 6.71. The smallest absolute Gasteiger partial charge is 0.250 e. The molecule has 1 rings (SSSR count). The highest BCUT2D eigenvalue weighted by molar-refractivity contribution is 7.91. The lowest BCUT2D eigenvalue weighted by Crippen LogP contribution is -2.24. The molecule has 0 aliphatic carbocycles. The average Bonchev–Trinajstić information content (AvgIpc) is 2.78. The number of nitrogens with zero attached hydrogens (tertiary/aromatic N) is 1. The Morgan fingerprint density at radius 1 is 1.53 bits per heavy atom. The highest BCUT2D eigenvalue weighted by Gasteiger charge is 2.15. The zero-order valence-electron chi connectivity index (χ0n) is 9.47. The third kappa shape index (κ3) is 4.44. The molecular formula is C10H14N2O3S2. The molecule has 0 saturated heterocycles. The molecule has 0 unspecified atom stereocenters. The molecule has 7 heteroatoms. The van der Waals surface area contributed by atoms with E-state index in [-0.39, 0.29) is 4.21 Å². The molecule has 17 heavy (non-hydrogen) atoms. The van der Waals surface area contributed by atoms with Gasteiger partial charge in [-0.2, -0.15) is 5.26 Å². The fourth-order valence-corrected chi connectivity index (χ4v) is 3.34. The van der Waals surface area contributed by atoms with E-state index in [4.69, 9.17) is 10.00 Å². The summed E-state index contributed by atoms with van der Waals surface area (Å²) in [5.41, 5.74) is 0. The largest absolute Gasteiger partial charge is 0.382 e. The lowest BCUT2D eigenvalue weighted by Gasteiger charge is -2.04. The van der Waals surface area contributed by atoms with E-state index in [1.165, 1.54) is 12.1 Å². The van der Waals surface area contributed by atoms with Gasteiger partial charge in [-0.05, 0) is 25.5 Å². The Morgan fingerprint density at radius 2 is 2.29 bits per heavy atom. The maximum absolute atomic E-state index is 11.7. The SMILES string of the molecule is CCOCCCNS(=O)(=O)c1ccc(C#N)s1. The molecular weight excluding hydrogens is 260 g/mol. The van der Waals surface area contributed by atoms with Crippen molar-refractivity contribution in [2.75, 3.05) is 19.8 Å². The molecule has 0 spiro atoms. The zero-order valence-corrected chi connectivity index (χ0v) is 11.1. The first-order chi connectivity index (χ1) is 8.10. The van der Waals surface area contributed by atoms with E-state index < -0.39 is 10.0 Å². The second-order valence-corrected chi connectivity index (χ2v) is 6.26. The minimum atomic E-state index is -3.47. The number of ether oxygens (including phenoxy) is 1. The van der Waals surface area contributed by atoms with Crippen molar-refractivity contribution in [3.05, 3.63) is 17.0 Å². The molecule has 0 amide bonds. The van der Waals surface area contributed by atoms with E-state index in [0.717, 1.165) is 11.3 Å². The summed E-state index contributed by atoms with van der Waals surface area (Å²) in [6.45, 7) is 3.39. The summed E-state index contributed by atoms with van der Waals surface area (Å²) in [7, 11) is -3.47. The Morgan fingerprint density at radius 3 is 2.88 bits per heavy atom. The van der Waals surface area contributed by atoms with Crippen LogP contribution in [0.25, 0.3) is 0 Å². The minimum absolute atomic E-state index is 0.172. The van der Waals surface area contributed by atoms with Crippen molar-refractivity contribution >= 4 is 21.4 Å². The number of nitriles is 1. The quantitative estimate of drug-likeness (QED) is 0.761. The zero-order chi connectivity index (χ0) is 12.7. The standard InChI is InChI=1S/C10H14N2O3S2/c1-2-15-7-3-6-12-17(13,14)10-5-4-9(8-11)16-10/h4-5,12H,2-3,6-7H2,1H3. The Hall–Kier alpha value is -0.940. The van der Waals surface area contributed by atoms with Crippen LogP contribution < -0.4 is 4.72 Å². The van der Waals surface area contributed by atoms with E-state index in [2.05, 4.69) is 4.72 Å². The number of hydrogen-bond donors (Lipinski definition) is 1. The van der Waals surface area contributed by atoms with Gasteiger partial charge in [-0.3, -0.25) is 0 Å². The first-order valence-corrected chi connectivity index (χ1v) is 7.47. The van der Waals surface area contributed by atoms with Crippen LogP contribution in [0, 0.1) is 11.3 Å². The maximum atomic E-state index is 11.7. The predicted molar refractivity (Wildman–Crippen MR) is 65.3 cm³/mol. The summed E-state index contributed by atoms with van der Waals surface area (Å²) in [6, 6.07) is 4.85. The summed E-state index contributed by atoms with van der Waals surface area (Å²) in [5, 5.41) is 8.62. The molecule has 0 fully saturated rings. The van der Waals surface area contributed by atoms with Crippen LogP contribution in [0.2, 0.25) is 0 Å². The van der Waals surface area contributed by atoms with Crippen molar-refractivity contribution in [3.8, 4) is 6.07 Å². The summed E-state index contributed by atoms with van der Waals surface area (Å²) in [6.07, 6.45) is 0.629. The van der Waals surface area contributed by atoms with Crippen LogP contribution >= 0.6 is 11.3 Å². The Labute approximate surface area is 105 Å². The molecule has 0 aliphatic heterocycles. The third-order valence-electron chi connectivity index (χ3n) is 1.92. The van der Waals surface area contributed by atoms with Crippen LogP contribution in [-0.2, 0) is 14.8 Å². The summed E-state index contributed by atoms with van der Waals surface area (Å²) in [4.78, 5) is 0.389. The fourth-order valence-electron chi connectivity index (χ4n) is 1.12. The number of nitrogens with one attached hydrogen (secondary N) is 1. The van der Waals surface area contributed by atoms with E-state index in [0.29, 0.717) is 31.1 Å². The van der Waals surface area contributed by atoms with Gasteiger partial charge in [0.05, 0.1) is 0 Å². The van der Waals surface area contributed by atoms with Crippen molar-refractivity contribution in [2.45, 2.75) is 17.6 Å².